The second-order valence-electron chi connectivity index (χ2n) is 4.89. The fourth-order valence-electron chi connectivity index (χ4n) is 2.11. The maximum Gasteiger partial charge on any atom is 0.328 e. The van der Waals surface area contributed by atoms with Gasteiger partial charge in [-0.3, -0.25) is 14.2 Å². The molecule has 0 saturated carbocycles. The summed E-state index contributed by atoms with van der Waals surface area (Å²) in [5.74, 6) is -0.150. The number of amides is 1. The molecule has 1 aromatic carbocycles. The van der Waals surface area contributed by atoms with Gasteiger partial charge in [0.15, 0.2) is 0 Å². The highest BCUT2D eigenvalue weighted by Gasteiger charge is 2.08. The number of benzene rings is 1. The third-order valence-corrected chi connectivity index (χ3v) is 3.30. The highest BCUT2D eigenvalue weighted by Crippen LogP contribution is 2.03. The zero-order chi connectivity index (χ0) is 15.2. The summed E-state index contributed by atoms with van der Waals surface area (Å²) in [6.45, 7) is 2.75. The zero-order valence-corrected chi connectivity index (χ0v) is 12.0. The van der Waals surface area contributed by atoms with Crippen molar-refractivity contribution in [2.24, 2.45) is 0 Å². The number of carbonyl (C=O) groups excluding carboxylic acids is 1. The van der Waals surface area contributed by atoms with E-state index in [0.29, 0.717) is 17.4 Å². The fourth-order valence-corrected chi connectivity index (χ4v) is 2.11. The summed E-state index contributed by atoms with van der Waals surface area (Å²) in [4.78, 5) is 38.4. The number of para-hydroxylation sites is 1. The predicted molar refractivity (Wildman–Crippen MR) is 81.4 cm³/mol. The monoisotopic (exact) mass is 289 g/mol. The van der Waals surface area contributed by atoms with Crippen LogP contribution in [0, 0.1) is 0 Å². The van der Waals surface area contributed by atoms with Crippen LogP contribution in [0.5, 0.6) is 0 Å². The molecule has 0 spiro atoms. The zero-order valence-electron chi connectivity index (χ0n) is 12.0. The number of rotatable bonds is 6. The Kier molecular flexibility index (Phi) is 4.92. The molecule has 6 heteroatoms. The molecule has 112 valence electrons. The SMILES string of the molecule is CCCCNC(=O)CCn1c(=O)[nH]c2ccccc2c1=O. The molecule has 1 amide bonds. The highest BCUT2D eigenvalue weighted by molar-refractivity contribution is 5.77. The average molecular weight is 289 g/mol. The molecular weight excluding hydrogens is 270 g/mol. The Balaban J connectivity index is 2.14. The number of nitrogens with one attached hydrogen (secondary N) is 2. The van der Waals surface area contributed by atoms with E-state index in [1.165, 1.54) is 0 Å². The smallest absolute Gasteiger partial charge is 0.328 e. The molecule has 0 aliphatic rings. The van der Waals surface area contributed by atoms with Crippen molar-refractivity contribution in [3.8, 4) is 0 Å². The van der Waals surface area contributed by atoms with E-state index in [2.05, 4.69) is 10.3 Å². The van der Waals surface area contributed by atoms with E-state index < -0.39 is 5.69 Å². The maximum absolute atomic E-state index is 12.2. The largest absolute Gasteiger partial charge is 0.356 e. The van der Waals surface area contributed by atoms with Crippen LogP contribution in [0.2, 0.25) is 0 Å². The van der Waals surface area contributed by atoms with Gasteiger partial charge in [-0.2, -0.15) is 0 Å². The first-order chi connectivity index (χ1) is 10.1. The van der Waals surface area contributed by atoms with Gasteiger partial charge < -0.3 is 10.3 Å². The maximum atomic E-state index is 12.2. The number of H-pyrrole nitrogens is 1. The van der Waals surface area contributed by atoms with Crippen molar-refractivity contribution in [2.45, 2.75) is 32.7 Å². The highest BCUT2D eigenvalue weighted by atomic mass is 16.2. The molecule has 2 rings (SSSR count). The van der Waals surface area contributed by atoms with E-state index in [1.807, 2.05) is 6.92 Å². The van der Waals surface area contributed by atoms with Gasteiger partial charge in [-0.15, -0.1) is 0 Å². The van der Waals surface area contributed by atoms with Gasteiger partial charge in [0.05, 0.1) is 10.9 Å². The van der Waals surface area contributed by atoms with Crippen LogP contribution >= 0.6 is 0 Å². The molecule has 0 aliphatic heterocycles. The molecular formula is C15H19N3O3. The van der Waals surface area contributed by atoms with Crippen molar-refractivity contribution in [1.29, 1.82) is 0 Å². The van der Waals surface area contributed by atoms with E-state index >= 15 is 0 Å². The number of aromatic nitrogens is 2. The minimum atomic E-state index is -0.486. The molecule has 1 heterocycles. The van der Waals surface area contributed by atoms with Crippen molar-refractivity contribution in [3.05, 3.63) is 45.1 Å². The summed E-state index contributed by atoms with van der Waals surface area (Å²) in [7, 11) is 0. The number of hydrogen-bond donors (Lipinski definition) is 2. The van der Waals surface area contributed by atoms with Crippen LogP contribution in [0.4, 0.5) is 0 Å². The number of carbonyl (C=O) groups is 1. The Morgan fingerprint density at radius 3 is 2.81 bits per heavy atom. The summed E-state index contributed by atoms with van der Waals surface area (Å²) < 4.78 is 1.07. The van der Waals surface area contributed by atoms with E-state index in [9.17, 15) is 14.4 Å². The molecule has 0 unspecified atom stereocenters. The van der Waals surface area contributed by atoms with Crippen molar-refractivity contribution < 1.29 is 4.79 Å². The molecule has 2 aromatic rings. The lowest BCUT2D eigenvalue weighted by molar-refractivity contribution is -0.121. The van der Waals surface area contributed by atoms with Crippen molar-refractivity contribution in [2.75, 3.05) is 6.54 Å². The number of unbranched alkanes of at least 4 members (excludes halogenated alkanes) is 1. The summed E-state index contributed by atoms with van der Waals surface area (Å²) in [6.07, 6.45) is 2.04. The van der Waals surface area contributed by atoms with Crippen molar-refractivity contribution >= 4 is 16.8 Å². The van der Waals surface area contributed by atoms with E-state index in [4.69, 9.17) is 0 Å². The minimum Gasteiger partial charge on any atom is -0.356 e. The lowest BCUT2D eigenvalue weighted by Gasteiger charge is -2.07. The van der Waals surface area contributed by atoms with Gasteiger partial charge in [0.1, 0.15) is 0 Å². The quantitative estimate of drug-likeness (QED) is 0.778. The normalized spacial score (nSPS) is 10.7. The number of hydrogen-bond acceptors (Lipinski definition) is 3. The second-order valence-corrected chi connectivity index (χ2v) is 4.89. The van der Waals surface area contributed by atoms with Crippen molar-refractivity contribution in [1.82, 2.24) is 14.9 Å². The van der Waals surface area contributed by atoms with E-state index in [1.54, 1.807) is 24.3 Å². The summed E-state index contributed by atoms with van der Waals surface area (Å²) in [5, 5.41) is 3.21. The molecule has 0 radical (unpaired) electrons. The lowest BCUT2D eigenvalue weighted by Crippen LogP contribution is -2.36. The Morgan fingerprint density at radius 2 is 2.05 bits per heavy atom. The van der Waals surface area contributed by atoms with Gasteiger partial charge in [-0.25, -0.2) is 4.79 Å². The average Bonchev–Trinajstić information content (AvgIpc) is 2.47. The third-order valence-electron chi connectivity index (χ3n) is 3.30. The second kappa shape index (κ2) is 6.88. The fraction of sp³-hybridized carbons (Fsp3) is 0.400. The number of aromatic amines is 1. The number of nitrogens with zero attached hydrogens (tertiary/aromatic N) is 1. The van der Waals surface area contributed by atoms with Gasteiger partial charge in [0.25, 0.3) is 5.56 Å². The molecule has 0 saturated heterocycles. The standard InChI is InChI=1S/C15H19N3O3/c1-2-3-9-16-13(19)8-10-18-14(20)11-6-4-5-7-12(11)17-15(18)21/h4-7H,2-3,8-10H2,1H3,(H,16,19)(H,17,21). The van der Waals surface area contributed by atoms with Gasteiger partial charge in [0.2, 0.25) is 5.91 Å². The van der Waals surface area contributed by atoms with Gasteiger partial charge in [-0.1, -0.05) is 25.5 Å². The molecule has 0 fully saturated rings. The Bertz CT molecular complexity index is 746. The van der Waals surface area contributed by atoms with E-state index in [0.717, 1.165) is 17.4 Å². The van der Waals surface area contributed by atoms with E-state index in [-0.39, 0.29) is 24.4 Å². The van der Waals surface area contributed by atoms with Crippen LogP contribution in [-0.2, 0) is 11.3 Å². The summed E-state index contributed by atoms with van der Waals surface area (Å²) in [6, 6.07) is 6.83. The van der Waals surface area contributed by atoms with Crippen molar-refractivity contribution in [3.63, 3.8) is 0 Å². The molecule has 6 nitrogen and oxygen atoms in total. The molecule has 21 heavy (non-hydrogen) atoms. The van der Waals surface area contributed by atoms with Crippen LogP contribution in [0.15, 0.2) is 33.9 Å². The number of fused-ring (bicyclic) bond motifs is 1. The molecule has 0 aliphatic carbocycles. The Morgan fingerprint density at radius 1 is 1.29 bits per heavy atom. The van der Waals surface area contributed by atoms with Gasteiger partial charge in [-0.05, 0) is 18.6 Å². The van der Waals surface area contributed by atoms with Crippen LogP contribution in [0.3, 0.4) is 0 Å². The molecule has 0 bridgehead atoms. The van der Waals surface area contributed by atoms with Crippen LogP contribution in [0.1, 0.15) is 26.2 Å². The molecule has 2 N–H and O–H groups in total. The first-order valence-electron chi connectivity index (χ1n) is 7.12. The van der Waals surface area contributed by atoms with Crippen LogP contribution < -0.4 is 16.6 Å². The Labute approximate surface area is 121 Å². The van der Waals surface area contributed by atoms with Crippen LogP contribution in [0.25, 0.3) is 10.9 Å². The lowest BCUT2D eigenvalue weighted by atomic mass is 10.2. The molecule has 0 atom stereocenters. The first-order valence-corrected chi connectivity index (χ1v) is 7.12. The predicted octanol–water partition coefficient (Wildman–Crippen LogP) is 0.996. The minimum absolute atomic E-state index is 0.0803. The molecule has 1 aromatic heterocycles. The third kappa shape index (κ3) is 3.59. The topological polar surface area (TPSA) is 84.0 Å². The van der Waals surface area contributed by atoms with Gasteiger partial charge >= 0.3 is 5.69 Å². The first kappa shape index (κ1) is 15.0. The van der Waals surface area contributed by atoms with Gasteiger partial charge in [0, 0.05) is 19.5 Å². The van der Waals surface area contributed by atoms with Crippen LogP contribution in [-0.4, -0.2) is 22.0 Å². The summed E-state index contributed by atoms with van der Waals surface area (Å²) >= 11 is 0. The summed E-state index contributed by atoms with van der Waals surface area (Å²) in [5.41, 5.74) is -0.341. The Hall–Kier alpha value is -2.37.